The summed E-state index contributed by atoms with van der Waals surface area (Å²) in [6.45, 7) is 13.7. The first-order chi connectivity index (χ1) is 23.9. The van der Waals surface area contributed by atoms with Crippen LogP contribution in [0.5, 0.6) is 0 Å². The van der Waals surface area contributed by atoms with Crippen molar-refractivity contribution in [3.63, 3.8) is 0 Å². The molecule has 0 spiro atoms. The molecule has 1 aromatic carbocycles. The summed E-state index contributed by atoms with van der Waals surface area (Å²) in [4.78, 5) is 36.1. The second-order valence-electron chi connectivity index (χ2n) is 17.3. The fraction of sp³-hybridized carbons (Fsp3) is 0.744. The smallest absolute Gasteiger partial charge is 0.242 e. The van der Waals surface area contributed by atoms with Gasteiger partial charge in [0.25, 0.3) is 0 Å². The number of allylic oxidation sites excluding steroid dienone is 1. The lowest BCUT2D eigenvalue weighted by Crippen LogP contribution is -2.51. The number of rotatable bonds is 17. The van der Waals surface area contributed by atoms with Crippen LogP contribution in [0.3, 0.4) is 0 Å². The van der Waals surface area contributed by atoms with Crippen LogP contribution >= 0.6 is 11.6 Å². The summed E-state index contributed by atoms with van der Waals surface area (Å²) in [5, 5.41) is 7.52. The SMILES string of the molecule is CC(C)CCC[C@@H](C)[C@H]1CCC2C3CC=C4C[C@@H](OCCCNC(=O)CCC(=O)[N][C@H](C=O)Cc5ccc(Cl)cc5)CC[C@]4(C)C3CC[C@@]21C. The van der Waals surface area contributed by atoms with Crippen LogP contribution in [-0.4, -0.2) is 43.4 Å². The molecule has 1 aromatic rings. The van der Waals surface area contributed by atoms with Crippen LogP contribution in [0.2, 0.25) is 5.02 Å². The fourth-order valence-electron chi connectivity index (χ4n) is 10.9. The Morgan fingerprint density at radius 1 is 1.00 bits per heavy atom. The number of aldehydes is 1. The monoisotopic (exact) mass is 707 g/mol. The molecule has 2 amide bonds. The van der Waals surface area contributed by atoms with E-state index in [1.807, 2.05) is 12.1 Å². The van der Waals surface area contributed by atoms with Gasteiger partial charge in [-0.05, 0) is 122 Å². The van der Waals surface area contributed by atoms with Gasteiger partial charge in [0.2, 0.25) is 11.8 Å². The van der Waals surface area contributed by atoms with E-state index in [4.69, 9.17) is 16.3 Å². The first-order valence-corrected chi connectivity index (χ1v) is 20.3. The van der Waals surface area contributed by atoms with Crippen molar-refractivity contribution in [1.82, 2.24) is 10.6 Å². The second-order valence-corrected chi connectivity index (χ2v) is 17.7. The average Bonchev–Trinajstić information content (AvgIpc) is 3.45. The maximum atomic E-state index is 12.4. The third kappa shape index (κ3) is 9.43. The Morgan fingerprint density at radius 3 is 2.52 bits per heavy atom. The molecular formula is C43H64ClN2O4. The highest BCUT2D eigenvalue weighted by atomic mass is 35.5. The Hall–Kier alpha value is -2.18. The van der Waals surface area contributed by atoms with E-state index in [9.17, 15) is 14.4 Å². The van der Waals surface area contributed by atoms with E-state index >= 15 is 0 Å². The normalized spacial score (nSPS) is 31.5. The molecule has 277 valence electrons. The van der Waals surface area contributed by atoms with E-state index < -0.39 is 11.9 Å². The lowest BCUT2D eigenvalue weighted by molar-refractivity contribution is -0.127. The van der Waals surface area contributed by atoms with Gasteiger partial charge in [-0.3, -0.25) is 9.59 Å². The van der Waals surface area contributed by atoms with E-state index in [0.717, 1.165) is 60.3 Å². The Bertz CT molecular complexity index is 1330. The van der Waals surface area contributed by atoms with Crippen LogP contribution in [0.25, 0.3) is 0 Å². The zero-order chi connectivity index (χ0) is 35.9. The number of nitrogens with one attached hydrogen (secondary N) is 1. The van der Waals surface area contributed by atoms with Crippen molar-refractivity contribution in [3.8, 4) is 0 Å². The number of nitrogens with zero attached hydrogens (tertiary/aromatic N) is 1. The standard InChI is InChI=1S/C43H64ClN2O4/c1-29(2)8-6-9-30(3)37-16-17-38-36-15-12-32-27-35(20-22-42(32,4)39(36)21-23-43(37,38)5)50-25-7-24-45-40(48)18-19-41(49)46-34(28-47)26-31-10-13-33(44)14-11-31/h10-14,28-30,34-39H,6-9,15-27H2,1-5H3,(H,45,48)/t30-,34+,35+,36?,37-,38?,39?,42+,43-/m1/s1. The molecule has 1 radical (unpaired) electrons. The maximum Gasteiger partial charge on any atom is 0.242 e. The van der Waals surface area contributed by atoms with Crippen LogP contribution in [0.4, 0.5) is 0 Å². The van der Waals surface area contributed by atoms with Crippen molar-refractivity contribution in [2.75, 3.05) is 13.2 Å². The lowest BCUT2D eigenvalue weighted by Gasteiger charge is -2.58. The number of halogens is 1. The molecule has 4 aliphatic carbocycles. The Balaban J connectivity index is 0.997. The molecule has 6 nitrogen and oxygen atoms in total. The molecule has 0 saturated heterocycles. The Labute approximate surface area is 307 Å². The van der Waals surface area contributed by atoms with Gasteiger partial charge in [-0.2, -0.15) is 0 Å². The van der Waals surface area contributed by atoms with Gasteiger partial charge in [-0.1, -0.05) is 89.3 Å². The molecule has 0 bridgehead atoms. The van der Waals surface area contributed by atoms with Crippen molar-refractivity contribution >= 4 is 29.7 Å². The highest BCUT2D eigenvalue weighted by molar-refractivity contribution is 6.30. The molecule has 3 saturated carbocycles. The van der Waals surface area contributed by atoms with Crippen molar-refractivity contribution in [2.24, 2.45) is 46.3 Å². The van der Waals surface area contributed by atoms with Crippen molar-refractivity contribution in [2.45, 2.75) is 143 Å². The number of amides is 2. The summed E-state index contributed by atoms with van der Waals surface area (Å²) in [5.41, 5.74) is 3.38. The van der Waals surface area contributed by atoms with Gasteiger partial charge in [0.05, 0.1) is 6.10 Å². The number of fused-ring (bicyclic) bond motifs is 5. The minimum absolute atomic E-state index is 0.0107. The van der Waals surface area contributed by atoms with Crippen molar-refractivity contribution < 1.29 is 19.1 Å². The molecule has 0 heterocycles. The van der Waals surface area contributed by atoms with Crippen LogP contribution < -0.4 is 10.6 Å². The predicted molar refractivity (Wildman–Crippen MR) is 202 cm³/mol. The maximum absolute atomic E-state index is 12.4. The van der Waals surface area contributed by atoms with Crippen molar-refractivity contribution in [1.29, 1.82) is 0 Å². The molecule has 7 heteroatoms. The molecule has 5 rings (SSSR count). The van der Waals surface area contributed by atoms with E-state index in [1.54, 1.807) is 17.7 Å². The number of ether oxygens (including phenoxy) is 1. The average molecular weight is 708 g/mol. The van der Waals surface area contributed by atoms with Gasteiger partial charge in [0, 0.05) is 37.4 Å². The highest BCUT2D eigenvalue weighted by Gasteiger charge is 2.59. The summed E-state index contributed by atoms with van der Waals surface area (Å²) >= 11 is 5.92. The molecule has 0 aromatic heterocycles. The molecule has 4 aliphatic rings. The molecule has 50 heavy (non-hydrogen) atoms. The first kappa shape index (κ1) is 39.0. The minimum Gasteiger partial charge on any atom is -0.378 e. The molecular weight excluding hydrogens is 644 g/mol. The predicted octanol–water partition coefficient (Wildman–Crippen LogP) is 9.29. The second kappa shape index (κ2) is 17.6. The zero-order valence-corrected chi connectivity index (χ0v) is 32.3. The summed E-state index contributed by atoms with van der Waals surface area (Å²) in [6, 6.07) is 6.36. The molecule has 1 N–H and O–H groups in total. The van der Waals surface area contributed by atoms with Crippen LogP contribution in [-0.2, 0) is 25.5 Å². The van der Waals surface area contributed by atoms with Crippen LogP contribution in [0.1, 0.15) is 130 Å². The fourth-order valence-corrected chi connectivity index (χ4v) is 11.0. The number of carbonyl (C=O) groups excluding carboxylic acids is 3. The largest absolute Gasteiger partial charge is 0.378 e. The van der Waals surface area contributed by atoms with E-state index in [1.165, 1.54) is 57.8 Å². The topological polar surface area (TPSA) is 86.6 Å². The number of carbonyl (C=O) groups is 3. The number of hydrogen-bond donors (Lipinski definition) is 1. The van der Waals surface area contributed by atoms with Gasteiger partial charge in [-0.25, -0.2) is 5.32 Å². The summed E-state index contributed by atoms with van der Waals surface area (Å²) in [7, 11) is 0. The summed E-state index contributed by atoms with van der Waals surface area (Å²) in [5.74, 6) is 4.51. The van der Waals surface area contributed by atoms with E-state index in [2.05, 4.69) is 51.3 Å². The highest BCUT2D eigenvalue weighted by Crippen LogP contribution is 2.67. The molecule has 3 unspecified atom stereocenters. The molecule has 9 atom stereocenters. The van der Waals surface area contributed by atoms with Crippen LogP contribution in [0, 0.1) is 46.3 Å². The van der Waals surface area contributed by atoms with Crippen LogP contribution in [0.15, 0.2) is 35.9 Å². The van der Waals surface area contributed by atoms with Gasteiger partial charge in [-0.15, -0.1) is 0 Å². The van der Waals surface area contributed by atoms with E-state index in [-0.39, 0.29) is 24.9 Å². The quantitative estimate of drug-likeness (QED) is 0.0994. The Kier molecular flexibility index (Phi) is 13.7. The minimum atomic E-state index is -0.760. The molecule has 0 aliphatic heterocycles. The van der Waals surface area contributed by atoms with Gasteiger partial charge >= 0.3 is 0 Å². The van der Waals surface area contributed by atoms with Crippen molar-refractivity contribution in [3.05, 3.63) is 46.5 Å². The zero-order valence-electron chi connectivity index (χ0n) is 31.6. The van der Waals surface area contributed by atoms with Gasteiger partial charge < -0.3 is 14.8 Å². The molecule has 3 fully saturated rings. The summed E-state index contributed by atoms with van der Waals surface area (Å²) in [6.07, 6.45) is 19.2. The number of hydrogen-bond acceptors (Lipinski definition) is 4. The van der Waals surface area contributed by atoms with Gasteiger partial charge in [0.1, 0.15) is 12.3 Å². The van der Waals surface area contributed by atoms with Gasteiger partial charge in [0.15, 0.2) is 0 Å². The van der Waals surface area contributed by atoms with E-state index in [0.29, 0.717) is 41.7 Å². The lowest BCUT2D eigenvalue weighted by atomic mass is 9.47. The number of benzene rings is 1. The Morgan fingerprint density at radius 2 is 1.78 bits per heavy atom. The third-order valence-electron chi connectivity index (χ3n) is 13.6. The summed E-state index contributed by atoms with van der Waals surface area (Å²) < 4.78 is 6.38. The third-order valence-corrected chi connectivity index (χ3v) is 13.9. The first-order valence-electron chi connectivity index (χ1n) is 19.9.